The second-order valence-electron chi connectivity index (χ2n) is 28.7. The van der Waals surface area contributed by atoms with Gasteiger partial charge >= 0.3 is 39.5 Å². The Morgan fingerprint density at radius 2 is 0.479 bits per heavy atom. The van der Waals surface area contributed by atoms with E-state index in [-0.39, 0.29) is 25.7 Å². The van der Waals surface area contributed by atoms with Crippen molar-refractivity contribution in [3.8, 4) is 0 Å². The first-order valence-electron chi connectivity index (χ1n) is 40.0. The number of carbonyl (C=O) groups excluding carboxylic acids is 4. The molecule has 0 fully saturated rings. The molecule has 0 bridgehead atoms. The average molecular weight is 1410 g/mol. The number of esters is 4. The van der Waals surface area contributed by atoms with Crippen LogP contribution in [0.25, 0.3) is 0 Å². The molecule has 5 atom stereocenters. The van der Waals surface area contributed by atoms with Gasteiger partial charge in [0, 0.05) is 25.7 Å². The van der Waals surface area contributed by atoms with Crippen molar-refractivity contribution in [1.82, 2.24) is 0 Å². The number of carbonyl (C=O) groups is 4. The summed E-state index contributed by atoms with van der Waals surface area (Å²) < 4.78 is 68.5. The maximum atomic E-state index is 13.1. The van der Waals surface area contributed by atoms with Crippen LogP contribution in [0.3, 0.4) is 0 Å². The molecule has 3 N–H and O–H groups in total. The zero-order valence-corrected chi connectivity index (χ0v) is 64.5. The van der Waals surface area contributed by atoms with E-state index in [0.717, 1.165) is 102 Å². The van der Waals surface area contributed by atoms with Crippen LogP contribution in [0.4, 0.5) is 0 Å². The number of phosphoric ester groups is 2. The van der Waals surface area contributed by atoms with Gasteiger partial charge in [-0.15, -0.1) is 0 Å². The van der Waals surface area contributed by atoms with Crippen molar-refractivity contribution < 1.29 is 80.2 Å². The van der Waals surface area contributed by atoms with Crippen LogP contribution in [0.15, 0.2) is 0 Å². The van der Waals surface area contributed by atoms with Gasteiger partial charge in [-0.25, -0.2) is 9.13 Å². The van der Waals surface area contributed by atoms with Gasteiger partial charge in [0.05, 0.1) is 26.4 Å². The fourth-order valence-corrected chi connectivity index (χ4v) is 13.4. The molecule has 0 aromatic rings. The van der Waals surface area contributed by atoms with Crippen LogP contribution in [0.1, 0.15) is 401 Å². The van der Waals surface area contributed by atoms with Gasteiger partial charge in [-0.1, -0.05) is 350 Å². The summed E-state index contributed by atoms with van der Waals surface area (Å²) in [6.07, 6.45) is 56.9. The van der Waals surface area contributed by atoms with Crippen molar-refractivity contribution in [3.63, 3.8) is 0 Å². The molecule has 0 aliphatic heterocycles. The van der Waals surface area contributed by atoms with Crippen LogP contribution < -0.4 is 0 Å². The maximum absolute atomic E-state index is 13.1. The van der Waals surface area contributed by atoms with Crippen LogP contribution in [-0.4, -0.2) is 96.7 Å². The Kier molecular flexibility index (Phi) is 67.4. The molecule has 0 heterocycles. The third-order valence-corrected chi connectivity index (χ3v) is 19.9. The molecule has 0 rings (SSSR count). The fourth-order valence-electron chi connectivity index (χ4n) is 11.8. The Balaban J connectivity index is 5.22. The lowest BCUT2D eigenvalue weighted by Crippen LogP contribution is -2.30. The van der Waals surface area contributed by atoms with Crippen molar-refractivity contribution >= 4 is 39.5 Å². The van der Waals surface area contributed by atoms with Crippen molar-refractivity contribution in [3.05, 3.63) is 0 Å². The van der Waals surface area contributed by atoms with Crippen LogP contribution in [0, 0.1) is 11.8 Å². The third-order valence-electron chi connectivity index (χ3n) is 18.0. The Labute approximate surface area is 588 Å². The summed E-state index contributed by atoms with van der Waals surface area (Å²) in [5.74, 6) is -0.587. The molecule has 570 valence electrons. The van der Waals surface area contributed by atoms with E-state index in [4.69, 9.17) is 37.0 Å². The first-order chi connectivity index (χ1) is 46.4. The summed E-state index contributed by atoms with van der Waals surface area (Å²) in [7, 11) is -9.91. The van der Waals surface area contributed by atoms with E-state index in [9.17, 15) is 43.2 Å². The van der Waals surface area contributed by atoms with Crippen LogP contribution in [-0.2, 0) is 65.4 Å². The summed E-state index contributed by atoms with van der Waals surface area (Å²) >= 11 is 0. The van der Waals surface area contributed by atoms with Gasteiger partial charge in [0.25, 0.3) is 0 Å². The van der Waals surface area contributed by atoms with Gasteiger partial charge in [-0.2, -0.15) is 0 Å². The first-order valence-corrected chi connectivity index (χ1v) is 43.0. The predicted molar refractivity (Wildman–Crippen MR) is 391 cm³/mol. The molecule has 0 saturated heterocycles. The Morgan fingerprint density at radius 1 is 0.281 bits per heavy atom. The van der Waals surface area contributed by atoms with Gasteiger partial charge in [-0.3, -0.25) is 37.3 Å². The van der Waals surface area contributed by atoms with Gasteiger partial charge in [-0.05, 0) is 37.5 Å². The second kappa shape index (κ2) is 68.8. The van der Waals surface area contributed by atoms with Crippen LogP contribution in [0.5, 0.6) is 0 Å². The fraction of sp³-hybridized carbons (Fsp3) is 0.948. The highest BCUT2D eigenvalue weighted by Crippen LogP contribution is 2.45. The van der Waals surface area contributed by atoms with E-state index in [1.165, 1.54) is 218 Å². The Morgan fingerprint density at radius 3 is 0.708 bits per heavy atom. The Bertz CT molecular complexity index is 1860. The standard InChI is InChI=1S/C77H150O17P2/c1-7-9-11-13-15-17-19-20-21-25-28-31-35-42-48-54-60-75(80)88-65-72(93-76(81)61-55-49-43-36-32-29-26-23-22-24-27-30-33-39-45-51-57-69(3)4)67-91-95(83,84)89-63-71(78)64-90-96(85,86)92-68-73(66-87-74(79)59-53-47-41-34-18-16-14-12-10-8-2)94-77(82)62-56-50-44-38-37-40-46-52-58-70(5)6/h69-73,78H,7-68H2,1-6H3,(H,83,84)(H,85,86)/t71-,72-,73-/m1/s1. The number of hydrogen-bond donors (Lipinski definition) is 3. The van der Waals surface area contributed by atoms with Crippen molar-refractivity contribution in [1.29, 1.82) is 0 Å². The van der Waals surface area contributed by atoms with Crippen LogP contribution >= 0.6 is 15.6 Å². The smallest absolute Gasteiger partial charge is 0.462 e. The molecule has 96 heavy (non-hydrogen) atoms. The van der Waals surface area contributed by atoms with E-state index in [1.54, 1.807) is 0 Å². The summed E-state index contributed by atoms with van der Waals surface area (Å²) in [6, 6.07) is 0. The van der Waals surface area contributed by atoms with Crippen LogP contribution in [0.2, 0.25) is 0 Å². The van der Waals surface area contributed by atoms with E-state index in [0.29, 0.717) is 25.7 Å². The van der Waals surface area contributed by atoms with Gasteiger partial charge in [0.15, 0.2) is 12.2 Å². The molecule has 0 aliphatic rings. The monoisotopic (exact) mass is 1410 g/mol. The van der Waals surface area contributed by atoms with E-state index >= 15 is 0 Å². The zero-order valence-electron chi connectivity index (χ0n) is 62.7. The summed E-state index contributed by atoms with van der Waals surface area (Å²) in [6.45, 7) is 9.59. The average Bonchev–Trinajstić information content (AvgIpc) is 1.55. The number of ether oxygens (including phenoxy) is 4. The largest absolute Gasteiger partial charge is 0.472 e. The molecule has 0 amide bonds. The lowest BCUT2D eigenvalue weighted by atomic mass is 10.0. The first kappa shape index (κ1) is 94.1. The summed E-state index contributed by atoms with van der Waals surface area (Å²) in [5, 5.41) is 10.6. The molecule has 0 radical (unpaired) electrons. The third kappa shape index (κ3) is 70.5. The highest BCUT2D eigenvalue weighted by molar-refractivity contribution is 7.47. The molecule has 0 aromatic heterocycles. The second-order valence-corrected chi connectivity index (χ2v) is 31.6. The summed E-state index contributed by atoms with van der Waals surface area (Å²) in [5.41, 5.74) is 0. The topological polar surface area (TPSA) is 237 Å². The maximum Gasteiger partial charge on any atom is 0.472 e. The van der Waals surface area contributed by atoms with Crippen molar-refractivity contribution in [2.24, 2.45) is 11.8 Å². The quantitative estimate of drug-likeness (QED) is 0.0222. The van der Waals surface area contributed by atoms with E-state index in [2.05, 4.69) is 41.5 Å². The minimum atomic E-state index is -4.96. The molecule has 0 saturated carbocycles. The normalized spacial score (nSPS) is 14.0. The number of rotatable bonds is 76. The number of phosphoric acid groups is 2. The van der Waals surface area contributed by atoms with Gasteiger partial charge < -0.3 is 33.8 Å². The lowest BCUT2D eigenvalue weighted by molar-refractivity contribution is -0.161. The van der Waals surface area contributed by atoms with E-state index in [1.807, 2.05) is 0 Å². The number of aliphatic hydroxyl groups excluding tert-OH is 1. The minimum Gasteiger partial charge on any atom is -0.462 e. The zero-order chi connectivity index (χ0) is 70.7. The highest BCUT2D eigenvalue weighted by atomic mass is 31.2. The summed E-state index contributed by atoms with van der Waals surface area (Å²) in [4.78, 5) is 72.8. The van der Waals surface area contributed by atoms with Gasteiger partial charge in [0.1, 0.15) is 19.3 Å². The lowest BCUT2D eigenvalue weighted by Gasteiger charge is -2.21. The molecule has 0 spiro atoms. The number of hydrogen-bond acceptors (Lipinski definition) is 15. The van der Waals surface area contributed by atoms with E-state index < -0.39 is 97.5 Å². The van der Waals surface area contributed by atoms with Gasteiger partial charge in [0.2, 0.25) is 0 Å². The molecular formula is C77H150O17P2. The molecule has 0 aliphatic carbocycles. The van der Waals surface area contributed by atoms with Crippen molar-refractivity contribution in [2.75, 3.05) is 39.6 Å². The molecular weight excluding hydrogens is 1260 g/mol. The SMILES string of the molecule is CCCCCCCCCCCCCCCCCCC(=O)OC[C@H](COP(=O)(O)OC[C@@H](O)COP(=O)(O)OC[C@@H](COC(=O)CCCCCCCCCCCC)OC(=O)CCCCCCCCCCC(C)C)OC(=O)CCCCCCCCCCCCCCCCCCC(C)C. The predicted octanol–water partition coefficient (Wildman–Crippen LogP) is 22.7. The highest BCUT2D eigenvalue weighted by Gasteiger charge is 2.30. The minimum absolute atomic E-state index is 0.105. The molecule has 2 unspecified atom stereocenters. The number of aliphatic hydroxyl groups is 1. The van der Waals surface area contributed by atoms with Crippen molar-refractivity contribution in [2.45, 2.75) is 419 Å². The molecule has 0 aromatic carbocycles. The molecule has 17 nitrogen and oxygen atoms in total. The molecule has 19 heteroatoms. The number of unbranched alkanes of at least 4 members (excludes halogenated alkanes) is 46. The Hall–Kier alpha value is -1.94.